The fourth-order valence-electron chi connectivity index (χ4n) is 0.930. The predicted molar refractivity (Wildman–Crippen MR) is 60.0 cm³/mol. The molecule has 1 heterocycles. The molecule has 0 bridgehead atoms. The van der Waals surface area contributed by atoms with Crippen molar-refractivity contribution in [3.05, 3.63) is 26.9 Å². The smallest absolute Gasteiger partial charge is 0.311 e. The van der Waals surface area contributed by atoms with E-state index in [4.69, 9.17) is 4.74 Å². The third-order valence-corrected chi connectivity index (χ3v) is 2.67. The van der Waals surface area contributed by atoms with Crippen LogP contribution in [0.25, 0.3) is 0 Å². The highest BCUT2D eigenvalue weighted by atomic mass is 79.9. The lowest BCUT2D eigenvalue weighted by Crippen LogP contribution is -2.09. The molecule has 3 nitrogen and oxygen atoms in total. The van der Waals surface area contributed by atoms with Crippen LogP contribution < -0.4 is 0 Å². The summed E-state index contributed by atoms with van der Waals surface area (Å²) in [6.07, 6.45) is 0.188. The van der Waals surface area contributed by atoms with Crippen molar-refractivity contribution in [1.82, 2.24) is 4.98 Å². The fraction of sp³-hybridized carbons (Fsp3) is 0.333. The summed E-state index contributed by atoms with van der Waals surface area (Å²) < 4.78 is 6.35. The molecule has 0 aliphatic carbocycles. The first-order valence-corrected chi connectivity index (χ1v) is 5.68. The van der Waals surface area contributed by atoms with E-state index in [1.807, 2.05) is 6.07 Å². The van der Waals surface area contributed by atoms with E-state index in [2.05, 4.69) is 36.8 Å². The first kappa shape index (κ1) is 11.7. The number of ether oxygens (including phenoxy) is 1. The van der Waals surface area contributed by atoms with Crippen LogP contribution in [0.5, 0.6) is 0 Å². The molecule has 14 heavy (non-hydrogen) atoms. The monoisotopic (exact) mass is 321 g/mol. The molecular weight excluding hydrogens is 314 g/mol. The molecule has 5 heteroatoms. The lowest BCUT2D eigenvalue weighted by atomic mass is 10.3. The van der Waals surface area contributed by atoms with E-state index in [1.165, 1.54) is 0 Å². The van der Waals surface area contributed by atoms with Gasteiger partial charge >= 0.3 is 5.97 Å². The van der Waals surface area contributed by atoms with Crippen LogP contribution >= 0.6 is 31.9 Å². The van der Waals surface area contributed by atoms with Gasteiger partial charge in [-0.05, 0) is 50.9 Å². The minimum atomic E-state index is -0.265. The number of hydrogen-bond acceptors (Lipinski definition) is 3. The van der Waals surface area contributed by atoms with E-state index in [0.29, 0.717) is 16.9 Å². The van der Waals surface area contributed by atoms with E-state index in [0.717, 1.165) is 4.47 Å². The highest BCUT2D eigenvalue weighted by Gasteiger charge is 2.09. The zero-order chi connectivity index (χ0) is 10.6. The van der Waals surface area contributed by atoms with Crippen LogP contribution in [0, 0.1) is 0 Å². The van der Waals surface area contributed by atoms with Gasteiger partial charge in [-0.1, -0.05) is 0 Å². The summed E-state index contributed by atoms with van der Waals surface area (Å²) in [4.78, 5) is 15.3. The Bertz CT molecular complexity index is 342. The van der Waals surface area contributed by atoms with Crippen molar-refractivity contribution in [2.24, 2.45) is 0 Å². The van der Waals surface area contributed by atoms with Crippen LogP contribution in [0.2, 0.25) is 0 Å². The Morgan fingerprint density at radius 2 is 2.21 bits per heavy atom. The van der Waals surface area contributed by atoms with Crippen LogP contribution in [0.4, 0.5) is 0 Å². The molecule has 0 N–H and O–H groups in total. The van der Waals surface area contributed by atoms with Crippen molar-refractivity contribution in [2.75, 3.05) is 6.61 Å². The lowest BCUT2D eigenvalue weighted by Gasteiger charge is -2.03. The van der Waals surface area contributed by atoms with Gasteiger partial charge in [0.1, 0.15) is 4.60 Å². The zero-order valence-corrected chi connectivity index (χ0v) is 10.8. The van der Waals surface area contributed by atoms with Crippen molar-refractivity contribution in [3.63, 3.8) is 0 Å². The number of hydrogen-bond donors (Lipinski definition) is 0. The van der Waals surface area contributed by atoms with Crippen molar-refractivity contribution < 1.29 is 9.53 Å². The first-order chi connectivity index (χ1) is 6.63. The van der Waals surface area contributed by atoms with Crippen LogP contribution in [-0.4, -0.2) is 17.6 Å². The van der Waals surface area contributed by atoms with Crippen molar-refractivity contribution >= 4 is 37.8 Å². The molecular formula is C9H9Br2NO2. The van der Waals surface area contributed by atoms with E-state index >= 15 is 0 Å². The average Bonchev–Trinajstić information content (AvgIpc) is 2.12. The molecule has 0 aliphatic rings. The Morgan fingerprint density at radius 3 is 2.86 bits per heavy atom. The first-order valence-electron chi connectivity index (χ1n) is 4.10. The highest BCUT2D eigenvalue weighted by molar-refractivity contribution is 9.11. The third-order valence-electron chi connectivity index (χ3n) is 1.50. The molecule has 1 rings (SSSR count). The maximum absolute atomic E-state index is 11.2. The van der Waals surface area contributed by atoms with Crippen LogP contribution in [-0.2, 0) is 16.0 Å². The molecule has 1 aromatic heterocycles. The molecule has 0 spiro atoms. The summed E-state index contributed by atoms with van der Waals surface area (Å²) in [6, 6.07) is 3.64. The number of pyridine rings is 1. The van der Waals surface area contributed by atoms with Gasteiger partial charge in [-0.3, -0.25) is 4.79 Å². The summed E-state index contributed by atoms with van der Waals surface area (Å²) in [5.41, 5.74) is 0.679. The molecule has 0 aliphatic heterocycles. The molecule has 0 radical (unpaired) electrons. The number of esters is 1. The number of carbonyl (C=O) groups excluding carboxylic acids is 1. The molecule has 0 atom stereocenters. The molecule has 1 aromatic rings. The second-order valence-corrected chi connectivity index (χ2v) is 4.21. The number of carbonyl (C=O) groups is 1. The second-order valence-electron chi connectivity index (χ2n) is 2.54. The van der Waals surface area contributed by atoms with Crippen molar-refractivity contribution in [2.45, 2.75) is 13.3 Å². The molecule has 0 saturated heterocycles. The Hall–Kier alpha value is -0.420. The Morgan fingerprint density at radius 1 is 1.50 bits per heavy atom. The van der Waals surface area contributed by atoms with Crippen LogP contribution in [0.15, 0.2) is 21.2 Å². The largest absolute Gasteiger partial charge is 0.466 e. The standard InChI is InChI=1S/C9H9Br2NO2/c1-2-14-9(13)5-7-6(10)3-4-8(11)12-7/h3-4H,2,5H2,1H3. The van der Waals surface area contributed by atoms with Gasteiger partial charge in [0.2, 0.25) is 0 Å². The fourth-order valence-corrected chi connectivity index (χ4v) is 1.64. The topological polar surface area (TPSA) is 39.2 Å². The van der Waals surface area contributed by atoms with Gasteiger partial charge in [0.15, 0.2) is 0 Å². The maximum Gasteiger partial charge on any atom is 0.311 e. The Labute approximate surface area is 99.1 Å². The van der Waals surface area contributed by atoms with Gasteiger partial charge in [-0.15, -0.1) is 0 Å². The van der Waals surface area contributed by atoms with Crippen molar-refractivity contribution in [3.8, 4) is 0 Å². The third kappa shape index (κ3) is 3.38. The van der Waals surface area contributed by atoms with Crippen LogP contribution in [0.3, 0.4) is 0 Å². The number of rotatable bonds is 3. The van der Waals surface area contributed by atoms with Gasteiger partial charge in [0.25, 0.3) is 0 Å². The van der Waals surface area contributed by atoms with Gasteiger partial charge < -0.3 is 4.74 Å². The van der Waals surface area contributed by atoms with Gasteiger partial charge in [0, 0.05) is 4.47 Å². The van der Waals surface area contributed by atoms with E-state index in [1.54, 1.807) is 13.0 Å². The van der Waals surface area contributed by atoms with Crippen LogP contribution in [0.1, 0.15) is 12.6 Å². The SMILES string of the molecule is CCOC(=O)Cc1nc(Br)ccc1Br. The van der Waals surface area contributed by atoms with Gasteiger partial charge in [-0.25, -0.2) is 4.98 Å². The predicted octanol–water partition coefficient (Wildman–Crippen LogP) is 2.71. The Balaban J connectivity index is 2.75. The highest BCUT2D eigenvalue weighted by Crippen LogP contribution is 2.18. The molecule has 0 amide bonds. The molecule has 0 saturated carbocycles. The Kier molecular flexibility index (Phi) is 4.54. The normalized spacial score (nSPS) is 9.93. The molecule has 0 fully saturated rings. The summed E-state index contributed by atoms with van der Waals surface area (Å²) in [6.45, 7) is 2.17. The molecule has 0 unspecified atom stereocenters. The second kappa shape index (κ2) is 5.46. The summed E-state index contributed by atoms with van der Waals surface area (Å²) in [5, 5.41) is 0. The summed E-state index contributed by atoms with van der Waals surface area (Å²) in [7, 11) is 0. The van der Waals surface area contributed by atoms with Gasteiger partial charge in [0.05, 0.1) is 18.7 Å². The van der Waals surface area contributed by atoms with E-state index in [-0.39, 0.29) is 12.4 Å². The minimum absolute atomic E-state index is 0.188. The van der Waals surface area contributed by atoms with E-state index in [9.17, 15) is 4.79 Å². The lowest BCUT2D eigenvalue weighted by molar-refractivity contribution is -0.142. The number of aromatic nitrogens is 1. The number of nitrogens with zero attached hydrogens (tertiary/aromatic N) is 1. The summed E-state index contributed by atoms with van der Waals surface area (Å²) in [5.74, 6) is -0.265. The van der Waals surface area contributed by atoms with Gasteiger partial charge in [-0.2, -0.15) is 0 Å². The summed E-state index contributed by atoms with van der Waals surface area (Å²) >= 11 is 6.56. The van der Waals surface area contributed by atoms with Crippen molar-refractivity contribution in [1.29, 1.82) is 0 Å². The van der Waals surface area contributed by atoms with E-state index < -0.39 is 0 Å². The number of halogens is 2. The molecule has 0 aromatic carbocycles. The maximum atomic E-state index is 11.2. The minimum Gasteiger partial charge on any atom is -0.466 e. The quantitative estimate of drug-likeness (QED) is 0.634. The average molecular weight is 323 g/mol. The zero-order valence-electron chi connectivity index (χ0n) is 7.59. The molecule has 76 valence electrons.